The minimum Gasteiger partial charge on any atom is -0.459 e. The number of fused-ring (bicyclic) bond motifs is 5. The number of rotatable bonds is 7. The smallest absolute Gasteiger partial charge is 0.306 e. The second-order valence-corrected chi connectivity index (χ2v) is 12.0. The second-order valence-electron chi connectivity index (χ2n) is 12.0. The molecule has 8 atom stereocenters. The molecule has 0 aromatic carbocycles. The lowest BCUT2D eigenvalue weighted by atomic mass is 9.44. The molecule has 0 radical (unpaired) electrons. The summed E-state index contributed by atoms with van der Waals surface area (Å²) in [5.41, 5.74) is -5.41. The molecule has 8 nitrogen and oxygen atoms in total. The zero-order valence-electron chi connectivity index (χ0n) is 23.6. The molecule has 0 amide bonds. The first-order valence-corrected chi connectivity index (χ1v) is 13.9. The van der Waals surface area contributed by atoms with Crippen LogP contribution in [0.2, 0.25) is 0 Å². The molecule has 0 N–H and O–H groups in total. The topological polar surface area (TPSA) is 113 Å². The van der Waals surface area contributed by atoms with Crippen LogP contribution in [0.5, 0.6) is 0 Å². The van der Waals surface area contributed by atoms with Crippen LogP contribution in [0.15, 0.2) is 23.8 Å². The van der Waals surface area contributed by atoms with Gasteiger partial charge < -0.3 is 14.2 Å². The molecule has 0 aliphatic heterocycles. The van der Waals surface area contributed by atoms with Crippen molar-refractivity contribution in [2.45, 2.75) is 97.4 Å². The number of Topliss-reactive ketones (excluding diaryl/α,β-unsaturated/α-hetero) is 1. The number of carbonyl (C=O) groups excluding carboxylic acids is 5. The van der Waals surface area contributed by atoms with Crippen LogP contribution in [0.1, 0.15) is 80.1 Å². The Morgan fingerprint density at radius 2 is 1.74 bits per heavy atom. The zero-order chi connectivity index (χ0) is 29.0. The Bertz CT molecular complexity index is 1160. The molecule has 4 rings (SSSR count). The fraction of sp³-hybridized carbons (Fsp3) is 0.700. The molecule has 3 saturated carbocycles. The first kappa shape index (κ1) is 29.2. The number of carbonyl (C=O) groups is 5. The van der Waals surface area contributed by atoms with Crippen molar-refractivity contribution >= 4 is 29.5 Å². The average Bonchev–Trinajstić information content (AvgIpc) is 3.09. The van der Waals surface area contributed by atoms with Gasteiger partial charge in [0.25, 0.3) is 0 Å². The van der Waals surface area contributed by atoms with Crippen molar-refractivity contribution in [1.82, 2.24) is 0 Å². The molecule has 0 spiro atoms. The first-order chi connectivity index (χ1) is 18.2. The van der Waals surface area contributed by atoms with Crippen LogP contribution in [0.3, 0.4) is 0 Å². The number of halogens is 1. The maximum absolute atomic E-state index is 18.0. The standard InChI is InChI=1S/C30H39FO8/c1-7-25(35)37-16-23(34)30(39-26(36)8-2)17(3)13-22-21-10-9-19-14-20(33)11-12-27(19,5)29(21,31)24(38-18(4)32)15-28(22,30)6/h11-12,14,17,21-22,24H,7-10,13,15-16H2,1-6H3. The third-order valence-corrected chi connectivity index (χ3v) is 10.1. The van der Waals surface area contributed by atoms with Gasteiger partial charge >= 0.3 is 17.9 Å². The maximum Gasteiger partial charge on any atom is 0.306 e. The van der Waals surface area contributed by atoms with Crippen molar-refractivity contribution in [2.24, 2.45) is 28.6 Å². The van der Waals surface area contributed by atoms with E-state index in [0.717, 1.165) is 0 Å². The minimum absolute atomic E-state index is 0.0200. The number of allylic oxidation sites excluding steroid dienone is 4. The molecule has 3 fully saturated rings. The normalized spacial score (nSPS) is 40.5. The third kappa shape index (κ3) is 4.10. The number of esters is 3. The molecule has 39 heavy (non-hydrogen) atoms. The van der Waals surface area contributed by atoms with Gasteiger partial charge in [-0.05, 0) is 50.7 Å². The number of alkyl halides is 1. The van der Waals surface area contributed by atoms with Gasteiger partial charge in [0, 0.05) is 42.4 Å². The molecular formula is C30H39FO8. The van der Waals surface area contributed by atoms with Gasteiger partial charge in [0.2, 0.25) is 5.78 Å². The Morgan fingerprint density at radius 3 is 2.36 bits per heavy atom. The fourth-order valence-electron chi connectivity index (χ4n) is 8.30. The van der Waals surface area contributed by atoms with E-state index in [-0.39, 0.29) is 25.0 Å². The summed E-state index contributed by atoms with van der Waals surface area (Å²) in [7, 11) is 0. The lowest BCUT2D eigenvalue weighted by molar-refractivity contribution is -0.235. The predicted molar refractivity (Wildman–Crippen MR) is 138 cm³/mol. The number of ether oxygens (including phenoxy) is 3. The Labute approximate surface area is 228 Å². The minimum atomic E-state index is -2.06. The maximum atomic E-state index is 18.0. The summed E-state index contributed by atoms with van der Waals surface area (Å²) < 4.78 is 35.0. The van der Waals surface area contributed by atoms with E-state index in [1.165, 1.54) is 19.1 Å². The van der Waals surface area contributed by atoms with E-state index >= 15 is 4.39 Å². The molecule has 0 saturated heterocycles. The average molecular weight is 547 g/mol. The van der Waals surface area contributed by atoms with Gasteiger partial charge in [-0.25, -0.2) is 4.39 Å². The summed E-state index contributed by atoms with van der Waals surface area (Å²) >= 11 is 0. The van der Waals surface area contributed by atoms with Crippen molar-refractivity contribution in [3.8, 4) is 0 Å². The predicted octanol–water partition coefficient (Wildman–Crippen LogP) is 4.39. The highest BCUT2D eigenvalue weighted by Crippen LogP contribution is 2.72. The zero-order valence-corrected chi connectivity index (χ0v) is 23.6. The van der Waals surface area contributed by atoms with Crippen molar-refractivity contribution in [3.63, 3.8) is 0 Å². The van der Waals surface area contributed by atoms with Crippen LogP contribution in [0, 0.1) is 28.6 Å². The molecular weight excluding hydrogens is 507 g/mol. The van der Waals surface area contributed by atoms with E-state index < -0.39 is 76.3 Å². The molecule has 9 heteroatoms. The summed E-state index contributed by atoms with van der Waals surface area (Å²) in [6.45, 7) is 9.24. The van der Waals surface area contributed by atoms with Gasteiger partial charge in [0.15, 0.2) is 23.7 Å². The van der Waals surface area contributed by atoms with Gasteiger partial charge in [0.1, 0.15) is 6.10 Å². The van der Waals surface area contributed by atoms with E-state index in [1.807, 2.05) is 13.8 Å². The fourth-order valence-corrected chi connectivity index (χ4v) is 8.30. The molecule has 8 unspecified atom stereocenters. The summed E-state index contributed by atoms with van der Waals surface area (Å²) in [4.78, 5) is 63.3. The molecule has 0 heterocycles. The van der Waals surface area contributed by atoms with E-state index in [0.29, 0.717) is 24.8 Å². The van der Waals surface area contributed by atoms with E-state index in [2.05, 4.69) is 0 Å². The second kappa shape index (κ2) is 9.97. The lowest BCUT2D eigenvalue weighted by Crippen LogP contribution is -2.70. The number of hydrogen-bond acceptors (Lipinski definition) is 8. The summed E-state index contributed by atoms with van der Waals surface area (Å²) in [6, 6.07) is 0. The molecule has 4 aliphatic carbocycles. The highest BCUT2D eigenvalue weighted by molar-refractivity contribution is 6.01. The van der Waals surface area contributed by atoms with Crippen LogP contribution in [-0.2, 0) is 38.2 Å². The van der Waals surface area contributed by atoms with E-state index in [4.69, 9.17) is 14.2 Å². The van der Waals surface area contributed by atoms with Crippen molar-refractivity contribution < 1.29 is 42.6 Å². The SMILES string of the molecule is CCC(=O)OCC(=O)C1(OC(=O)CC)C(C)CC2C3CCC4=CC(=O)C=CC4(C)C3(F)C(OC(C)=O)CC21C. The Kier molecular flexibility index (Phi) is 7.45. The quantitative estimate of drug-likeness (QED) is 0.341. The van der Waals surface area contributed by atoms with Crippen molar-refractivity contribution in [2.75, 3.05) is 6.61 Å². The van der Waals surface area contributed by atoms with Gasteiger partial charge in [-0.2, -0.15) is 0 Å². The largest absolute Gasteiger partial charge is 0.459 e. The number of hydrogen-bond donors (Lipinski definition) is 0. The monoisotopic (exact) mass is 546 g/mol. The van der Waals surface area contributed by atoms with Crippen molar-refractivity contribution in [3.05, 3.63) is 23.8 Å². The summed E-state index contributed by atoms with van der Waals surface area (Å²) in [5, 5.41) is 0. The summed E-state index contributed by atoms with van der Waals surface area (Å²) in [5.74, 6) is -4.16. The van der Waals surface area contributed by atoms with Crippen LogP contribution >= 0.6 is 0 Å². The third-order valence-electron chi connectivity index (χ3n) is 10.1. The Morgan fingerprint density at radius 1 is 1.08 bits per heavy atom. The summed E-state index contributed by atoms with van der Waals surface area (Å²) in [6.07, 6.45) is 4.42. The molecule has 214 valence electrons. The highest BCUT2D eigenvalue weighted by Gasteiger charge is 2.78. The van der Waals surface area contributed by atoms with Crippen molar-refractivity contribution in [1.29, 1.82) is 0 Å². The molecule has 4 aliphatic rings. The van der Waals surface area contributed by atoms with Gasteiger partial charge in [-0.1, -0.05) is 39.3 Å². The lowest BCUT2D eigenvalue weighted by Gasteiger charge is -2.63. The van der Waals surface area contributed by atoms with Gasteiger partial charge in [-0.15, -0.1) is 0 Å². The van der Waals surface area contributed by atoms with Crippen LogP contribution in [-0.4, -0.2) is 53.5 Å². The van der Waals surface area contributed by atoms with Gasteiger partial charge in [0.05, 0.1) is 0 Å². The molecule has 0 aromatic heterocycles. The van der Waals surface area contributed by atoms with Gasteiger partial charge in [-0.3, -0.25) is 24.0 Å². The van der Waals surface area contributed by atoms with Crippen LogP contribution in [0.4, 0.5) is 4.39 Å². The molecule has 0 bridgehead atoms. The van der Waals surface area contributed by atoms with Crippen LogP contribution in [0.25, 0.3) is 0 Å². The van der Waals surface area contributed by atoms with E-state index in [1.54, 1.807) is 26.8 Å². The Hall–Kier alpha value is -2.84. The van der Waals surface area contributed by atoms with E-state index in [9.17, 15) is 24.0 Å². The van der Waals surface area contributed by atoms with Crippen LogP contribution < -0.4 is 0 Å². The first-order valence-electron chi connectivity index (χ1n) is 13.9. The molecule has 0 aromatic rings. The number of ketones is 2. The highest BCUT2D eigenvalue weighted by atomic mass is 19.1. The Balaban J connectivity index is 1.87.